The van der Waals surface area contributed by atoms with Gasteiger partial charge in [0, 0.05) is 12.1 Å². The van der Waals surface area contributed by atoms with Gasteiger partial charge in [0.25, 0.3) is 5.91 Å². The van der Waals surface area contributed by atoms with Gasteiger partial charge in [0.2, 0.25) is 5.91 Å². The van der Waals surface area contributed by atoms with Crippen LogP contribution in [0.3, 0.4) is 0 Å². The monoisotopic (exact) mass is 414 g/mol. The fourth-order valence-electron chi connectivity index (χ4n) is 5.68. The van der Waals surface area contributed by atoms with E-state index in [-0.39, 0.29) is 36.3 Å². The van der Waals surface area contributed by atoms with Crippen molar-refractivity contribution < 1.29 is 14.0 Å². The van der Waals surface area contributed by atoms with Crippen LogP contribution >= 0.6 is 0 Å². The summed E-state index contributed by atoms with van der Waals surface area (Å²) in [5, 5.41) is 0. The van der Waals surface area contributed by atoms with Crippen molar-refractivity contribution in [1.29, 1.82) is 0 Å². The van der Waals surface area contributed by atoms with Gasteiger partial charge in [-0.2, -0.15) is 0 Å². The summed E-state index contributed by atoms with van der Waals surface area (Å²) in [6.07, 6.45) is 14.4. The molecule has 4 rings (SSSR count). The highest BCUT2D eigenvalue weighted by atomic mass is 19.1. The quantitative estimate of drug-likeness (QED) is 0.624. The minimum absolute atomic E-state index is 0.0372. The van der Waals surface area contributed by atoms with Gasteiger partial charge in [0.15, 0.2) is 0 Å². The lowest BCUT2D eigenvalue weighted by molar-refractivity contribution is -0.162. The lowest BCUT2D eigenvalue weighted by atomic mass is 9.90. The molecule has 164 valence electrons. The van der Waals surface area contributed by atoms with E-state index in [1.165, 1.54) is 44.2 Å². The maximum absolute atomic E-state index is 13.8. The van der Waals surface area contributed by atoms with E-state index in [4.69, 9.17) is 0 Å². The number of carbonyl (C=O) groups excluding carboxylic acids is 2. The third-order valence-corrected chi connectivity index (χ3v) is 7.31. The zero-order chi connectivity index (χ0) is 20.9. The summed E-state index contributed by atoms with van der Waals surface area (Å²) < 4.78 is 13.6. The number of nitrogens with zero attached hydrogens (tertiary/aromatic N) is 2. The van der Waals surface area contributed by atoms with Gasteiger partial charge in [-0.3, -0.25) is 9.59 Å². The van der Waals surface area contributed by atoms with Crippen LogP contribution in [0.4, 0.5) is 4.39 Å². The SMILES string of the molecule is O=C1[C@H](c2ccc(F)cc2)N(C2CCCCCCC2)C(=O)CN1C1CCCCCC1. The van der Waals surface area contributed by atoms with Gasteiger partial charge in [-0.25, -0.2) is 4.39 Å². The maximum atomic E-state index is 13.8. The van der Waals surface area contributed by atoms with Crippen molar-refractivity contribution in [3.05, 3.63) is 35.6 Å². The summed E-state index contributed by atoms with van der Waals surface area (Å²) in [5.41, 5.74) is 0.745. The van der Waals surface area contributed by atoms with Crippen LogP contribution in [0.15, 0.2) is 24.3 Å². The highest BCUT2D eigenvalue weighted by Gasteiger charge is 2.45. The molecule has 0 spiro atoms. The second-order valence-corrected chi connectivity index (χ2v) is 9.37. The number of halogens is 1. The fraction of sp³-hybridized carbons (Fsp3) is 0.680. The van der Waals surface area contributed by atoms with E-state index in [2.05, 4.69) is 0 Å². The Labute approximate surface area is 179 Å². The highest BCUT2D eigenvalue weighted by Crippen LogP contribution is 2.36. The van der Waals surface area contributed by atoms with E-state index in [0.29, 0.717) is 0 Å². The Morgan fingerprint density at radius 1 is 0.700 bits per heavy atom. The predicted molar refractivity (Wildman–Crippen MR) is 115 cm³/mol. The van der Waals surface area contributed by atoms with Crippen LogP contribution in [0.5, 0.6) is 0 Å². The normalized spacial score (nSPS) is 25.7. The van der Waals surface area contributed by atoms with Gasteiger partial charge in [-0.15, -0.1) is 0 Å². The van der Waals surface area contributed by atoms with Gasteiger partial charge in [0.05, 0.1) is 0 Å². The lowest BCUT2D eigenvalue weighted by Gasteiger charge is -2.47. The topological polar surface area (TPSA) is 40.6 Å². The van der Waals surface area contributed by atoms with E-state index >= 15 is 0 Å². The molecule has 4 nitrogen and oxygen atoms in total. The van der Waals surface area contributed by atoms with Gasteiger partial charge in [-0.1, -0.05) is 69.9 Å². The number of rotatable bonds is 3. The Hall–Kier alpha value is -1.91. The molecule has 0 radical (unpaired) electrons. The summed E-state index contributed by atoms with van der Waals surface area (Å²) in [7, 11) is 0. The molecule has 3 fully saturated rings. The van der Waals surface area contributed by atoms with Crippen LogP contribution < -0.4 is 0 Å². The molecule has 2 saturated carbocycles. The van der Waals surface area contributed by atoms with E-state index in [0.717, 1.165) is 56.9 Å². The van der Waals surface area contributed by atoms with Crippen LogP contribution in [0.2, 0.25) is 0 Å². The molecule has 1 aromatic carbocycles. The second kappa shape index (κ2) is 9.93. The zero-order valence-electron chi connectivity index (χ0n) is 18.0. The predicted octanol–water partition coefficient (Wildman–Crippen LogP) is 5.37. The summed E-state index contributed by atoms with van der Waals surface area (Å²) in [6, 6.07) is 5.86. The first-order valence-corrected chi connectivity index (χ1v) is 12.0. The first-order valence-electron chi connectivity index (χ1n) is 12.0. The lowest BCUT2D eigenvalue weighted by Crippen LogP contribution is -2.60. The van der Waals surface area contributed by atoms with Crippen molar-refractivity contribution in [2.75, 3.05) is 6.54 Å². The van der Waals surface area contributed by atoms with Crippen LogP contribution in [-0.2, 0) is 9.59 Å². The molecule has 2 amide bonds. The summed E-state index contributed by atoms with van der Waals surface area (Å²) in [5.74, 6) is -0.208. The molecule has 1 atom stereocenters. The van der Waals surface area contributed by atoms with E-state index in [9.17, 15) is 14.0 Å². The van der Waals surface area contributed by atoms with Crippen molar-refractivity contribution in [2.45, 2.75) is 102 Å². The van der Waals surface area contributed by atoms with Crippen LogP contribution in [0, 0.1) is 5.82 Å². The van der Waals surface area contributed by atoms with Crippen molar-refractivity contribution >= 4 is 11.8 Å². The molecule has 1 heterocycles. The van der Waals surface area contributed by atoms with Crippen LogP contribution in [0.1, 0.15) is 95.1 Å². The summed E-state index contributed by atoms with van der Waals surface area (Å²) in [4.78, 5) is 31.0. The number of carbonyl (C=O) groups is 2. The molecular formula is C25H35FN2O2. The van der Waals surface area contributed by atoms with Crippen molar-refractivity contribution in [2.24, 2.45) is 0 Å². The van der Waals surface area contributed by atoms with E-state index in [1.54, 1.807) is 12.1 Å². The van der Waals surface area contributed by atoms with E-state index in [1.807, 2.05) is 9.80 Å². The Balaban J connectivity index is 1.65. The largest absolute Gasteiger partial charge is 0.328 e. The summed E-state index contributed by atoms with van der Waals surface area (Å²) in [6.45, 7) is 0.206. The Kier molecular flexibility index (Phi) is 7.06. The van der Waals surface area contributed by atoms with E-state index < -0.39 is 6.04 Å². The first kappa shape index (κ1) is 21.3. The number of piperazine rings is 1. The number of hydrogen-bond acceptors (Lipinski definition) is 2. The third-order valence-electron chi connectivity index (χ3n) is 7.31. The Bertz CT molecular complexity index is 719. The third kappa shape index (κ3) is 4.70. The highest BCUT2D eigenvalue weighted by molar-refractivity contribution is 5.96. The maximum Gasteiger partial charge on any atom is 0.250 e. The first-order chi connectivity index (χ1) is 14.6. The summed E-state index contributed by atoms with van der Waals surface area (Å²) >= 11 is 0. The van der Waals surface area contributed by atoms with Crippen molar-refractivity contribution in [3.8, 4) is 0 Å². The van der Waals surface area contributed by atoms with Gasteiger partial charge in [-0.05, 0) is 43.4 Å². The zero-order valence-corrected chi connectivity index (χ0v) is 18.0. The van der Waals surface area contributed by atoms with Gasteiger partial charge in [0.1, 0.15) is 18.4 Å². The molecular weight excluding hydrogens is 379 g/mol. The van der Waals surface area contributed by atoms with Crippen LogP contribution in [-0.4, -0.2) is 40.2 Å². The number of benzene rings is 1. The number of hydrogen-bond donors (Lipinski definition) is 0. The molecule has 5 heteroatoms. The molecule has 3 aliphatic rings. The molecule has 2 aliphatic carbocycles. The average molecular weight is 415 g/mol. The molecule has 1 saturated heterocycles. The van der Waals surface area contributed by atoms with Crippen LogP contribution in [0.25, 0.3) is 0 Å². The molecule has 0 aromatic heterocycles. The minimum Gasteiger partial charge on any atom is -0.328 e. The van der Waals surface area contributed by atoms with Gasteiger partial charge >= 0.3 is 0 Å². The molecule has 1 aliphatic heterocycles. The standard InChI is InChI=1S/C25H35FN2O2/c26-20-16-14-19(15-17-20)24-25(30)27(21-10-6-4-5-7-11-21)18-23(29)28(24)22-12-8-2-1-3-9-13-22/h14-17,21-22,24H,1-13,18H2/t24-/m0/s1. The molecule has 30 heavy (non-hydrogen) atoms. The fourth-order valence-corrected chi connectivity index (χ4v) is 5.68. The minimum atomic E-state index is -0.612. The van der Waals surface area contributed by atoms with Crippen molar-refractivity contribution in [3.63, 3.8) is 0 Å². The molecule has 1 aromatic rings. The molecule has 0 unspecified atom stereocenters. The van der Waals surface area contributed by atoms with Gasteiger partial charge < -0.3 is 9.80 Å². The average Bonchev–Trinajstić information content (AvgIpc) is 3.00. The Morgan fingerprint density at radius 2 is 1.20 bits per heavy atom. The Morgan fingerprint density at radius 3 is 1.77 bits per heavy atom. The molecule has 0 bridgehead atoms. The van der Waals surface area contributed by atoms with Crippen molar-refractivity contribution in [1.82, 2.24) is 9.80 Å². The second-order valence-electron chi connectivity index (χ2n) is 9.37. The smallest absolute Gasteiger partial charge is 0.250 e. The number of amides is 2. The molecule has 0 N–H and O–H groups in total.